The van der Waals surface area contributed by atoms with Crippen molar-refractivity contribution in [3.63, 3.8) is 0 Å². The fourth-order valence-electron chi connectivity index (χ4n) is 2.37. The van der Waals surface area contributed by atoms with Crippen LogP contribution in [0.25, 0.3) is 0 Å². The van der Waals surface area contributed by atoms with E-state index in [1.165, 1.54) is 5.56 Å². The van der Waals surface area contributed by atoms with Gasteiger partial charge in [-0.3, -0.25) is 14.9 Å². The third-order valence-corrected chi connectivity index (χ3v) is 3.54. The standard InChI is InChI=1S/C15H19NO3/c1-9(2)10-4-5-11(13(8-10)19-3)12-6-7-14(17)16-15(12)18/h4-5,8-9,12H,6-7H2,1-3H3,(H,16,17,18). The molecule has 1 aliphatic heterocycles. The minimum absolute atomic E-state index is 0.195. The van der Waals surface area contributed by atoms with Crippen molar-refractivity contribution >= 4 is 11.8 Å². The molecule has 4 heteroatoms. The van der Waals surface area contributed by atoms with Crippen LogP contribution >= 0.6 is 0 Å². The van der Waals surface area contributed by atoms with Gasteiger partial charge in [-0.1, -0.05) is 26.0 Å². The largest absolute Gasteiger partial charge is 0.496 e. The number of carbonyl (C=O) groups excluding carboxylic acids is 2. The van der Waals surface area contributed by atoms with Gasteiger partial charge in [0.25, 0.3) is 0 Å². The number of methoxy groups -OCH3 is 1. The number of benzene rings is 1. The Morgan fingerprint density at radius 2 is 2.05 bits per heavy atom. The van der Waals surface area contributed by atoms with Gasteiger partial charge < -0.3 is 4.74 Å². The molecular weight excluding hydrogens is 242 g/mol. The smallest absolute Gasteiger partial charge is 0.234 e. The van der Waals surface area contributed by atoms with Crippen LogP contribution in [0.1, 0.15) is 49.7 Å². The molecule has 0 radical (unpaired) electrons. The lowest BCUT2D eigenvalue weighted by atomic mass is 9.88. The minimum Gasteiger partial charge on any atom is -0.496 e. The lowest BCUT2D eigenvalue weighted by molar-refractivity contribution is -0.134. The maximum atomic E-state index is 11.9. The molecule has 1 atom stereocenters. The Bertz CT molecular complexity index is 508. The second-order valence-electron chi connectivity index (χ2n) is 5.16. The van der Waals surface area contributed by atoms with Crippen LogP contribution in [0.3, 0.4) is 0 Å². The maximum Gasteiger partial charge on any atom is 0.234 e. The monoisotopic (exact) mass is 261 g/mol. The highest BCUT2D eigenvalue weighted by atomic mass is 16.5. The van der Waals surface area contributed by atoms with Crippen molar-refractivity contribution in [1.29, 1.82) is 0 Å². The molecule has 1 unspecified atom stereocenters. The van der Waals surface area contributed by atoms with Crippen LogP contribution in [0.2, 0.25) is 0 Å². The summed E-state index contributed by atoms with van der Waals surface area (Å²) in [6.07, 6.45) is 0.924. The number of hydrogen-bond acceptors (Lipinski definition) is 3. The first-order valence-electron chi connectivity index (χ1n) is 6.54. The van der Waals surface area contributed by atoms with E-state index in [0.29, 0.717) is 18.8 Å². The number of rotatable bonds is 3. The van der Waals surface area contributed by atoms with Crippen molar-refractivity contribution in [2.24, 2.45) is 0 Å². The minimum atomic E-state index is -0.297. The summed E-state index contributed by atoms with van der Waals surface area (Å²) < 4.78 is 5.40. The molecule has 0 spiro atoms. The van der Waals surface area contributed by atoms with Crippen LogP contribution in [0.5, 0.6) is 5.75 Å². The average molecular weight is 261 g/mol. The molecule has 4 nitrogen and oxygen atoms in total. The normalized spacial score (nSPS) is 19.5. The van der Waals surface area contributed by atoms with Gasteiger partial charge in [-0.05, 0) is 24.0 Å². The maximum absolute atomic E-state index is 11.9. The average Bonchev–Trinajstić information content (AvgIpc) is 2.38. The third kappa shape index (κ3) is 2.78. The Hall–Kier alpha value is -1.84. The van der Waals surface area contributed by atoms with E-state index in [0.717, 1.165) is 11.3 Å². The summed E-state index contributed by atoms with van der Waals surface area (Å²) in [6, 6.07) is 5.93. The van der Waals surface area contributed by atoms with Crippen LogP contribution in [0.15, 0.2) is 18.2 Å². The summed E-state index contributed by atoms with van der Waals surface area (Å²) in [4.78, 5) is 23.1. The lowest BCUT2D eigenvalue weighted by Gasteiger charge is -2.23. The van der Waals surface area contributed by atoms with E-state index in [4.69, 9.17) is 4.74 Å². The van der Waals surface area contributed by atoms with Gasteiger partial charge >= 0.3 is 0 Å². The molecule has 102 valence electrons. The molecule has 0 saturated carbocycles. The van der Waals surface area contributed by atoms with Crippen molar-refractivity contribution in [3.05, 3.63) is 29.3 Å². The van der Waals surface area contributed by atoms with Crippen molar-refractivity contribution in [3.8, 4) is 5.75 Å². The second-order valence-corrected chi connectivity index (χ2v) is 5.16. The number of hydrogen-bond donors (Lipinski definition) is 1. The predicted octanol–water partition coefficient (Wildman–Crippen LogP) is 2.34. The molecular formula is C15H19NO3. The van der Waals surface area contributed by atoms with Crippen molar-refractivity contribution in [2.75, 3.05) is 7.11 Å². The molecule has 1 saturated heterocycles. The van der Waals surface area contributed by atoms with E-state index < -0.39 is 0 Å². The van der Waals surface area contributed by atoms with E-state index in [2.05, 4.69) is 19.2 Å². The number of piperidine rings is 1. The van der Waals surface area contributed by atoms with Gasteiger partial charge in [0.1, 0.15) is 5.75 Å². The summed E-state index contributed by atoms with van der Waals surface area (Å²) in [5.41, 5.74) is 2.03. The van der Waals surface area contributed by atoms with Crippen LogP contribution in [0, 0.1) is 0 Å². The zero-order chi connectivity index (χ0) is 14.0. The molecule has 1 aromatic carbocycles. The number of carbonyl (C=O) groups is 2. The third-order valence-electron chi connectivity index (χ3n) is 3.54. The fraction of sp³-hybridized carbons (Fsp3) is 0.467. The Morgan fingerprint density at radius 1 is 1.32 bits per heavy atom. The first kappa shape index (κ1) is 13.6. The quantitative estimate of drug-likeness (QED) is 0.850. The zero-order valence-corrected chi connectivity index (χ0v) is 11.5. The second kappa shape index (κ2) is 5.43. The first-order valence-corrected chi connectivity index (χ1v) is 6.54. The predicted molar refractivity (Wildman–Crippen MR) is 72.2 cm³/mol. The topological polar surface area (TPSA) is 55.4 Å². The highest BCUT2D eigenvalue weighted by Crippen LogP contribution is 2.34. The molecule has 2 rings (SSSR count). The molecule has 0 aromatic heterocycles. The molecule has 2 amide bonds. The lowest BCUT2D eigenvalue weighted by Crippen LogP contribution is -2.39. The van der Waals surface area contributed by atoms with Crippen LogP contribution in [-0.4, -0.2) is 18.9 Å². The van der Waals surface area contributed by atoms with E-state index >= 15 is 0 Å². The van der Waals surface area contributed by atoms with Crippen LogP contribution in [0.4, 0.5) is 0 Å². The van der Waals surface area contributed by atoms with Gasteiger partial charge in [0.15, 0.2) is 0 Å². The van der Waals surface area contributed by atoms with Gasteiger partial charge in [-0.15, -0.1) is 0 Å². The highest BCUT2D eigenvalue weighted by Gasteiger charge is 2.30. The van der Waals surface area contributed by atoms with E-state index in [9.17, 15) is 9.59 Å². The molecule has 1 fully saturated rings. The summed E-state index contributed by atoms with van der Waals surface area (Å²) >= 11 is 0. The van der Waals surface area contributed by atoms with Crippen molar-refractivity contribution in [2.45, 2.75) is 38.5 Å². The van der Waals surface area contributed by atoms with E-state index in [1.807, 2.05) is 18.2 Å². The molecule has 0 aliphatic carbocycles. The number of imide groups is 1. The molecule has 0 bridgehead atoms. The van der Waals surface area contributed by atoms with Crippen LogP contribution in [-0.2, 0) is 9.59 Å². The molecule has 1 aliphatic rings. The molecule has 1 aromatic rings. The van der Waals surface area contributed by atoms with Crippen LogP contribution < -0.4 is 10.1 Å². The van der Waals surface area contributed by atoms with Gasteiger partial charge in [0.05, 0.1) is 13.0 Å². The van der Waals surface area contributed by atoms with Gasteiger partial charge in [-0.2, -0.15) is 0 Å². The number of amides is 2. The molecule has 1 heterocycles. The fourth-order valence-corrected chi connectivity index (χ4v) is 2.37. The van der Waals surface area contributed by atoms with Gasteiger partial charge in [-0.25, -0.2) is 0 Å². The Labute approximate surface area is 113 Å². The first-order chi connectivity index (χ1) is 9.02. The van der Waals surface area contributed by atoms with Crippen molar-refractivity contribution in [1.82, 2.24) is 5.32 Å². The van der Waals surface area contributed by atoms with E-state index in [-0.39, 0.29) is 17.7 Å². The van der Waals surface area contributed by atoms with Gasteiger partial charge in [0, 0.05) is 12.0 Å². The Morgan fingerprint density at radius 3 is 2.63 bits per heavy atom. The highest BCUT2D eigenvalue weighted by molar-refractivity contribution is 6.01. The SMILES string of the molecule is COc1cc(C(C)C)ccc1C1CCC(=O)NC1=O. The summed E-state index contributed by atoms with van der Waals surface area (Å²) in [5.74, 6) is 0.408. The zero-order valence-electron chi connectivity index (χ0n) is 11.5. The Kier molecular flexibility index (Phi) is 3.88. The summed E-state index contributed by atoms with van der Waals surface area (Å²) in [6.45, 7) is 4.22. The van der Waals surface area contributed by atoms with Crippen molar-refractivity contribution < 1.29 is 14.3 Å². The Balaban J connectivity index is 2.34. The molecule has 1 N–H and O–H groups in total. The number of nitrogens with one attached hydrogen (secondary N) is 1. The van der Waals surface area contributed by atoms with Gasteiger partial charge in [0.2, 0.25) is 11.8 Å². The summed E-state index contributed by atoms with van der Waals surface area (Å²) in [7, 11) is 1.61. The molecule has 19 heavy (non-hydrogen) atoms. The summed E-state index contributed by atoms with van der Waals surface area (Å²) in [5, 5.41) is 2.38. The van der Waals surface area contributed by atoms with E-state index in [1.54, 1.807) is 7.11 Å². The number of ether oxygens (including phenoxy) is 1.